The Morgan fingerprint density at radius 1 is 1.04 bits per heavy atom. The van der Waals surface area contributed by atoms with Crippen molar-refractivity contribution in [1.29, 1.82) is 0 Å². The maximum atomic E-state index is 11.4. The van der Waals surface area contributed by atoms with Gasteiger partial charge in [0.15, 0.2) is 5.78 Å². The first kappa shape index (κ1) is 17.2. The number of nitrogens with zero attached hydrogens (tertiary/aromatic N) is 1. The number of halogens is 1. The van der Waals surface area contributed by atoms with Gasteiger partial charge < -0.3 is 10.1 Å². The molecule has 0 unspecified atom stereocenters. The fraction of sp³-hybridized carbons (Fsp3) is 0.100. The van der Waals surface area contributed by atoms with Gasteiger partial charge in [-0.25, -0.2) is 0 Å². The number of ether oxygens (including phenoxy) is 1. The van der Waals surface area contributed by atoms with Crippen LogP contribution in [0, 0.1) is 6.92 Å². The molecule has 0 bridgehead atoms. The molecule has 1 N–H and O–H groups in total. The van der Waals surface area contributed by atoms with Crippen LogP contribution in [0.1, 0.15) is 23.0 Å². The summed E-state index contributed by atoms with van der Waals surface area (Å²) in [6, 6.07) is 17.2. The Kier molecular flexibility index (Phi) is 5.14. The molecule has 0 saturated heterocycles. The van der Waals surface area contributed by atoms with Crippen molar-refractivity contribution in [3.05, 3.63) is 76.5 Å². The Morgan fingerprint density at radius 2 is 1.76 bits per heavy atom. The number of aromatic nitrogens is 1. The van der Waals surface area contributed by atoms with E-state index >= 15 is 0 Å². The SMILES string of the molecule is CC(=O)c1cc(Oc2ccc(Nc3ccc(Br)cc3)c(C)c2)ccn1. The number of nitrogens with one attached hydrogen (secondary N) is 1. The van der Waals surface area contributed by atoms with Crippen molar-refractivity contribution >= 4 is 33.1 Å². The number of Topliss-reactive ketones (excluding diaryl/α,β-unsaturated/α-hetero) is 1. The molecule has 1 aromatic heterocycles. The van der Waals surface area contributed by atoms with Crippen molar-refractivity contribution in [3.8, 4) is 11.5 Å². The van der Waals surface area contributed by atoms with Gasteiger partial charge >= 0.3 is 0 Å². The largest absolute Gasteiger partial charge is 0.457 e. The van der Waals surface area contributed by atoms with Crippen LogP contribution in [0.2, 0.25) is 0 Å². The lowest BCUT2D eigenvalue weighted by Crippen LogP contribution is -1.97. The van der Waals surface area contributed by atoms with Crippen molar-refractivity contribution in [2.24, 2.45) is 0 Å². The summed E-state index contributed by atoms with van der Waals surface area (Å²) in [6.07, 6.45) is 1.57. The van der Waals surface area contributed by atoms with Crippen molar-refractivity contribution in [2.75, 3.05) is 5.32 Å². The Bertz CT molecular complexity index is 908. The van der Waals surface area contributed by atoms with E-state index in [0.29, 0.717) is 17.2 Å². The first-order valence-corrected chi connectivity index (χ1v) is 8.58. The molecular weight excluding hydrogens is 380 g/mol. The van der Waals surface area contributed by atoms with Crippen LogP contribution in [-0.4, -0.2) is 10.8 Å². The highest BCUT2D eigenvalue weighted by atomic mass is 79.9. The van der Waals surface area contributed by atoms with Gasteiger partial charge in [-0.3, -0.25) is 9.78 Å². The van der Waals surface area contributed by atoms with Gasteiger partial charge in [0.1, 0.15) is 17.2 Å². The molecule has 3 rings (SSSR count). The molecule has 0 aliphatic heterocycles. The third kappa shape index (κ3) is 4.45. The van der Waals surface area contributed by atoms with E-state index in [4.69, 9.17) is 4.74 Å². The summed E-state index contributed by atoms with van der Waals surface area (Å²) in [6.45, 7) is 3.50. The Morgan fingerprint density at radius 3 is 2.44 bits per heavy atom. The normalized spacial score (nSPS) is 10.4. The highest BCUT2D eigenvalue weighted by Crippen LogP contribution is 2.28. The standard InChI is InChI=1S/C20H17BrN2O2/c1-13-11-17(25-18-9-10-22-20(12-18)14(2)24)7-8-19(13)23-16-5-3-15(21)4-6-16/h3-12,23H,1-2H3. The zero-order valence-corrected chi connectivity index (χ0v) is 15.5. The number of ketones is 1. The molecule has 5 heteroatoms. The van der Waals surface area contributed by atoms with Crippen LogP contribution < -0.4 is 10.1 Å². The molecule has 4 nitrogen and oxygen atoms in total. The van der Waals surface area contributed by atoms with Crippen LogP contribution in [-0.2, 0) is 0 Å². The number of hydrogen-bond acceptors (Lipinski definition) is 4. The predicted molar refractivity (Wildman–Crippen MR) is 103 cm³/mol. The van der Waals surface area contributed by atoms with Crippen LogP contribution in [0.25, 0.3) is 0 Å². The highest BCUT2D eigenvalue weighted by molar-refractivity contribution is 9.10. The smallest absolute Gasteiger partial charge is 0.178 e. The number of carbonyl (C=O) groups excluding carboxylic acids is 1. The second-order valence-corrected chi connectivity index (χ2v) is 6.56. The zero-order valence-electron chi connectivity index (χ0n) is 13.9. The minimum Gasteiger partial charge on any atom is -0.457 e. The molecule has 0 atom stereocenters. The van der Waals surface area contributed by atoms with Gasteiger partial charge in [0, 0.05) is 35.0 Å². The molecule has 0 amide bonds. The molecule has 126 valence electrons. The van der Waals surface area contributed by atoms with E-state index in [0.717, 1.165) is 21.4 Å². The summed E-state index contributed by atoms with van der Waals surface area (Å²) < 4.78 is 6.89. The van der Waals surface area contributed by atoms with Gasteiger partial charge in [0.05, 0.1) is 0 Å². The topological polar surface area (TPSA) is 51.2 Å². The summed E-state index contributed by atoms with van der Waals surface area (Å²) >= 11 is 3.43. The predicted octanol–water partition coefficient (Wildman–Crippen LogP) is 5.89. The average Bonchev–Trinajstić information content (AvgIpc) is 2.59. The first-order valence-electron chi connectivity index (χ1n) is 7.79. The van der Waals surface area contributed by atoms with Crippen LogP contribution in [0.5, 0.6) is 11.5 Å². The molecule has 1 heterocycles. The van der Waals surface area contributed by atoms with E-state index in [1.165, 1.54) is 6.92 Å². The molecule has 25 heavy (non-hydrogen) atoms. The lowest BCUT2D eigenvalue weighted by Gasteiger charge is -2.12. The second-order valence-electron chi connectivity index (χ2n) is 5.64. The van der Waals surface area contributed by atoms with Crippen LogP contribution in [0.3, 0.4) is 0 Å². The minimum absolute atomic E-state index is 0.0873. The number of anilines is 2. The van der Waals surface area contributed by atoms with E-state index in [1.807, 2.05) is 49.4 Å². The number of pyridine rings is 1. The fourth-order valence-corrected chi connectivity index (χ4v) is 2.60. The van der Waals surface area contributed by atoms with Gasteiger partial charge in [-0.2, -0.15) is 0 Å². The molecule has 0 spiro atoms. The summed E-state index contributed by atoms with van der Waals surface area (Å²) in [5.41, 5.74) is 3.47. The summed E-state index contributed by atoms with van der Waals surface area (Å²) in [7, 11) is 0. The first-order chi connectivity index (χ1) is 12.0. The van der Waals surface area contributed by atoms with E-state index in [-0.39, 0.29) is 5.78 Å². The zero-order chi connectivity index (χ0) is 17.8. The molecule has 2 aromatic carbocycles. The van der Waals surface area contributed by atoms with Gasteiger partial charge in [0.2, 0.25) is 0 Å². The van der Waals surface area contributed by atoms with Gasteiger partial charge in [-0.1, -0.05) is 15.9 Å². The molecule has 3 aromatic rings. The number of carbonyl (C=O) groups is 1. The quantitative estimate of drug-likeness (QED) is 0.546. The van der Waals surface area contributed by atoms with Crippen molar-refractivity contribution < 1.29 is 9.53 Å². The minimum atomic E-state index is -0.0873. The second kappa shape index (κ2) is 7.49. The van der Waals surface area contributed by atoms with Gasteiger partial charge in [0.25, 0.3) is 0 Å². The Labute approximate surface area is 155 Å². The summed E-state index contributed by atoms with van der Waals surface area (Å²) in [4.78, 5) is 15.4. The van der Waals surface area contributed by atoms with Crippen LogP contribution in [0.4, 0.5) is 11.4 Å². The van der Waals surface area contributed by atoms with Gasteiger partial charge in [-0.15, -0.1) is 0 Å². The molecule has 0 fully saturated rings. The number of benzene rings is 2. The van der Waals surface area contributed by atoms with Crippen LogP contribution >= 0.6 is 15.9 Å². The average molecular weight is 397 g/mol. The van der Waals surface area contributed by atoms with Crippen molar-refractivity contribution in [3.63, 3.8) is 0 Å². The third-order valence-corrected chi connectivity index (χ3v) is 4.18. The van der Waals surface area contributed by atoms with E-state index < -0.39 is 0 Å². The lowest BCUT2D eigenvalue weighted by molar-refractivity contribution is 0.101. The fourth-order valence-electron chi connectivity index (χ4n) is 2.33. The molecule has 0 radical (unpaired) electrons. The van der Waals surface area contributed by atoms with E-state index in [9.17, 15) is 4.79 Å². The van der Waals surface area contributed by atoms with Crippen LogP contribution in [0.15, 0.2) is 65.3 Å². The van der Waals surface area contributed by atoms with Crippen molar-refractivity contribution in [1.82, 2.24) is 4.98 Å². The van der Waals surface area contributed by atoms with Gasteiger partial charge in [-0.05, 0) is 61.0 Å². The van der Waals surface area contributed by atoms with E-state index in [2.05, 4.69) is 26.2 Å². The number of rotatable bonds is 5. The molecule has 0 saturated carbocycles. The molecule has 0 aliphatic carbocycles. The van der Waals surface area contributed by atoms with E-state index in [1.54, 1.807) is 18.3 Å². The third-order valence-electron chi connectivity index (χ3n) is 3.65. The summed E-state index contributed by atoms with van der Waals surface area (Å²) in [5, 5.41) is 3.38. The Hall–Kier alpha value is -2.66. The number of aryl methyl sites for hydroxylation is 1. The Balaban J connectivity index is 1.76. The molecular formula is C20H17BrN2O2. The molecule has 0 aliphatic rings. The van der Waals surface area contributed by atoms with Crippen molar-refractivity contribution in [2.45, 2.75) is 13.8 Å². The summed E-state index contributed by atoms with van der Waals surface area (Å²) in [5.74, 6) is 1.21. The maximum Gasteiger partial charge on any atom is 0.178 e. The lowest BCUT2D eigenvalue weighted by atomic mass is 10.2. The number of hydrogen-bond donors (Lipinski definition) is 1. The monoisotopic (exact) mass is 396 g/mol. The maximum absolute atomic E-state index is 11.4. The highest BCUT2D eigenvalue weighted by Gasteiger charge is 2.06.